The number of rotatable bonds is 4. The summed E-state index contributed by atoms with van der Waals surface area (Å²) in [4.78, 5) is 25.4. The minimum atomic E-state index is -1.01. The molecular formula is C20H17NO3. The summed E-state index contributed by atoms with van der Waals surface area (Å²) >= 11 is 0. The van der Waals surface area contributed by atoms with Crippen LogP contribution >= 0.6 is 0 Å². The Labute approximate surface area is 140 Å². The van der Waals surface area contributed by atoms with Crippen molar-refractivity contribution in [3.8, 4) is 0 Å². The SMILES string of the molecule is O=C(O)CC1=Cc2ccccc2CN(C=Cc2ccccc2)C1=O. The van der Waals surface area contributed by atoms with Crippen LogP contribution in [-0.2, 0) is 16.1 Å². The smallest absolute Gasteiger partial charge is 0.308 e. The molecule has 1 aliphatic rings. The summed E-state index contributed by atoms with van der Waals surface area (Å²) in [6.07, 6.45) is 4.96. The highest BCUT2D eigenvalue weighted by molar-refractivity contribution is 6.03. The lowest BCUT2D eigenvalue weighted by molar-refractivity contribution is -0.137. The number of benzene rings is 2. The molecule has 2 aromatic rings. The van der Waals surface area contributed by atoms with Crippen molar-refractivity contribution in [2.75, 3.05) is 0 Å². The predicted molar refractivity (Wildman–Crippen MR) is 92.7 cm³/mol. The van der Waals surface area contributed by atoms with Crippen LogP contribution in [0.4, 0.5) is 0 Å². The van der Waals surface area contributed by atoms with Gasteiger partial charge >= 0.3 is 5.97 Å². The molecule has 0 aliphatic carbocycles. The average Bonchev–Trinajstić information content (AvgIpc) is 2.71. The summed E-state index contributed by atoms with van der Waals surface area (Å²) in [6.45, 7) is 0.415. The molecule has 1 heterocycles. The standard InChI is InChI=1S/C20H17NO3/c22-19(23)13-18-12-16-8-4-5-9-17(16)14-21(20(18)24)11-10-15-6-2-1-3-7-15/h1-12H,13-14H2,(H,22,23). The zero-order valence-electron chi connectivity index (χ0n) is 13.1. The molecule has 2 aromatic carbocycles. The van der Waals surface area contributed by atoms with Crippen molar-refractivity contribution >= 4 is 24.0 Å². The van der Waals surface area contributed by atoms with E-state index in [4.69, 9.17) is 5.11 Å². The van der Waals surface area contributed by atoms with Crippen LogP contribution in [0.25, 0.3) is 12.2 Å². The van der Waals surface area contributed by atoms with Gasteiger partial charge in [0.2, 0.25) is 0 Å². The molecule has 0 bridgehead atoms. The Morgan fingerprint density at radius 1 is 1.08 bits per heavy atom. The van der Waals surface area contributed by atoms with Crippen LogP contribution in [-0.4, -0.2) is 21.9 Å². The van der Waals surface area contributed by atoms with E-state index in [0.29, 0.717) is 6.54 Å². The molecular weight excluding hydrogens is 302 g/mol. The minimum Gasteiger partial charge on any atom is -0.481 e. The number of fused-ring (bicyclic) bond motifs is 1. The average molecular weight is 319 g/mol. The summed E-state index contributed by atoms with van der Waals surface area (Å²) in [6, 6.07) is 17.3. The lowest BCUT2D eigenvalue weighted by Gasteiger charge is -2.18. The molecule has 0 unspecified atom stereocenters. The van der Waals surface area contributed by atoms with Gasteiger partial charge in [-0.1, -0.05) is 54.6 Å². The molecule has 0 spiro atoms. The van der Waals surface area contributed by atoms with Crippen molar-refractivity contribution in [2.24, 2.45) is 0 Å². The van der Waals surface area contributed by atoms with Gasteiger partial charge in [0.05, 0.1) is 13.0 Å². The quantitative estimate of drug-likeness (QED) is 0.937. The first-order valence-corrected chi connectivity index (χ1v) is 7.68. The van der Waals surface area contributed by atoms with E-state index in [9.17, 15) is 9.59 Å². The molecule has 4 nitrogen and oxygen atoms in total. The van der Waals surface area contributed by atoms with Crippen LogP contribution in [0.5, 0.6) is 0 Å². The van der Waals surface area contributed by atoms with Gasteiger partial charge < -0.3 is 10.0 Å². The van der Waals surface area contributed by atoms with Gasteiger partial charge in [0.25, 0.3) is 5.91 Å². The Morgan fingerprint density at radius 3 is 2.54 bits per heavy atom. The zero-order chi connectivity index (χ0) is 16.9. The number of hydrogen-bond donors (Lipinski definition) is 1. The first kappa shape index (κ1) is 15.7. The fourth-order valence-electron chi connectivity index (χ4n) is 2.66. The van der Waals surface area contributed by atoms with E-state index < -0.39 is 5.97 Å². The van der Waals surface area contributed by atoms with E-state index >= 15 is 0 Å². The zero-order valence-corrected chi connectivity index (χ0v) is 13.1. The van der Waals surface area contributed by atoms with Gasteiger partial charge in [-0.2, -0.15) is 0 Å². The summed E-state index contributed by atoms with van der Waals surface area (Å²) in [5.41, 5.74) is 3.14. The summed E-state index contributed by atoms with van der Waals surface area (Å²) in [5, 5.41) is 9.09. The predicted octanol–water partition coefficient (Wildman–Crippen LogP) is 3.56. The van der Waals surface area contributed by atoms with Gasteiger partial charge in [0.15, 0.2) is 0 Å². The highest BCUT2D eigenvalue weighted by Gasteiger charge is 2.23. The molecule has 0 atom stereocenters. The summed E-state index contributed by atoms with van der Waals surface area (Å²) in [7, 11) is 0. The second kappa shape index (κ2) is 6.96. The van der Waals surface area contributed by atoms with Crippen LogP contribution in [0.2, 0.25) is 0 Å². The first-order chi connectivity index (χ1) is 11.6. The van der Waals surface area contributed by atoms with Gasteiger partial charge in [-0.15, -0.1) is 0 Å². The van der Waals surface area contributed by atoms with Crippen LogP contribution in [0, 0.1) is 0 Å². The van der Waals surface area contributed by atoms with E-state index in [1.165, 1.54) is 0 Å². The minimum absolute atomic E-state index is 0.277. The van der Waals surface area contributed by atoms with Gasteiger partial charge in [-0.3, -0.25) is 9.59 Å². The molecule has 24 heavy (non-hydrogen) atoms. The van der Waals surface area contributed by atoms with Crippen molar-refractivity contribution in [1.82, 2.24) is 4.90 Å². The number of carboxylic acids is 1. The second-order valence-corrected chi connectivity index (χ2v) is 5.60. The number of amides is 1. The van der Waals surface area contributed by atoms with E-state index in [0.717, 1.165) is 16.7 Å². The molecule has 0 fully saturated rings. The Morgan fingerprint density at radius 2 is 1.79 bits per heavy atom. The van der Waals surface area contributed by atoms with Gasteiger partial charge in [0, 0.05) is 11.8 Å². The molecule has 120 valence electrons. The third-order valence-electron chi connectivity index (χ3n) is 3.85. The highest BCUT2D eigenvalue weighted by Crippen LogP contribution is 2.24. The molecule has 1 aliphatic heterocycles. The largest absolute Gasteiger partial charge is 0.481 e. The van der Waals surface area contributed by atoms with Crippen LogP contribution in [0.3, 0.4) is 0 Å². The lowest BCUT2D eigenvalue weighted by atomic mass is 10.0. The van der Waals surface area contributed by atoms with E-state index in [2.05, 4.69) is 0 Å². The van der Waals surface area contributed by atoms with Crippen molar-refractivity contribution in [3.05, 3.63) is 83.1 Å². The molecule has 1 amide bonds. The molecule has 3 rings (SSSR count). The normalized spacial score (nSPS) is 14.2. The van der Waals surface area contributed by atoms with Crippen LogP contribution < -0.4 is 0 Å². The number of carbonyl (C=O) groups excluding carboxylic acids is 1. The van der Waals surface area contributed by atoms with Crippen molar-refractivity contribution < 1.29 is 14.7 Å². The third kappa shape index (κ3) is 3.60. The van der Waals surface area contributed by atoms with Gasteiger partial charge in [-0.05, 0) is 28.8 Å². The Hall–Kier alpha value is -3.14. The van der Waals surface area contributed by atoms with Gasteiger partial charge in [0.1, 0.15) is 0 Å². The third-order valence-corrected chi connectivity index (χ3v) is 3.85. The van der Waals surface area contributed by atoms with Crippen molar-refractivity contribution in [3.63, 3.8) is 0 Å². The highest BCUT2D eigenvalue weighted by atomic mass is 16.4. The fourth-order valence-corrected chi connectivity index (χ4v) is 2.66. The van der Waals surface area contributed by atoms with E-state index in [-0.39, 0.29) is 17.9 Å². The lowest BCUT2D eigenvalue weighted by Crippen LogP contribution is -2.26. The summed E-state index contributed by atoms with van der Waals surface area (Å²) in [5.74, 6) is -1.29. The van der Waals surface area contributed by atoms with E-state index in [1.54, 1.807) is 17.2 Å². The maximum Gasteiger partial charge on any atom is 0.308 e. The summed E-state index contributed by atoms with van der Waals surface area (Å²) < 4.78 is 0. The number of aliphatic carboxylic acids is 1. The molecule has 0 aromatic heterocycles. The van der Waals surface area contributed by atoms with Crippen molar-refractivity contribution in [2.45, 2.75) is 13.0 Å². The Bertz CT molecular complexity index is 822. The molecule has 0 radical (unpaired) electrons. The Kier molecular flexibility index (Phi) is 4.57. The van der Waals surface area contributed by atoms with Gasteiger partial charge in [-0.25, -0.2) is 0 Å². The van der Waals surface area contributed by atoms with E-state index in [1.807, 2.05) is 60.7 Å². The van der Waals surface area contributed by atoms with Crippen LogP contribution in [0.1, 0.15) is 23.1 Å². The first-order valence-electron chi connectivity index (χ1n) is 7.68. The Balaban J connectivity index is 1.95. The maximum atomic E-state index is 12.7. The number of nitrogens with zero attached hydrogens (tertiary/aromatic N) is 1. The maximum absolute atomic E-state index is 12.7. The number of carboxylic acid groups (broad SMARTS) is 1. The fraction of sp³-hybridized carbons (Fsp3) is 0.100. The number of carbonyl (C=O) groups is 2. The molecule has 0 saturated carbocycles. The van der Waals surface area contributed by atoms with Crippen molar-refractivity contribution in [1.29, 1.82) is 0 Å². The topological polar surface area (TPSA) is 57.6 Å². The molecule has 1 N–H and O–H groups in total. The molecule has 4 heteroatoms. The monoisotopic (exact) mass is 319 g/mol. The number of hydrogen-bond acceptors (Lipinski definition) is 2. The van der Waals surface area contributed by atoms with Crippen LogP contribution in [0.15, 0.2) is 66.4 Å². The molecule has 0 saturated heterocycles. The second-order valence-electron chi connectivity index (χ2n) is 5.60.